The number of hydrogen-bond donors (Lipinski definition) is 1. The van der Waals surface area contributed by atoms with Crippen LogP contribution in [0.1, 0.15) is 48.2 Å². The highest BCUT2D eigenvalue weighted by atomic mass is 16.1. The number of likely N-dealkylation sites (N-methyl/N-ethyl adjacent to an activating group) is 1. The van der Waals surface area contributed by atoms with Crippen molar-refractivity contribution in [3.63, 3.8) is 0 Å². The average Bonchev–Trinajstić information content (AvgIpc) is 3.12. The molecule has 0 radical (unpaired) electrons. The third kappa shape index (κ3) is 4.49. The summed E-state index contributed by atoms with van der Waals surface area (Å²) in [6.45, 7) is 3.71. The molecule has 1 N–H and O–H groups in total. The predicted octanol–water partition coefficient (Wildman–Crippen LogP) is 3.32. The Kier molecular flexibility index (Phi) is 5.72. The van der Waals surface area contributed by atoms with E-state index >= 15 is 0 Å². The van der Waals surface area contributed by atoms with E-state index in [-0.39, 0.29) is 11.8 Å². The Bertz CT molecular complexity index is 1080. The number of nitrogens with one attached hydrogen (secondary N) is 1. The largest absolute Gasteiger partial charge is 0.356 e. The van der Waals surface area contributed by atoms with Crippen LogP contribution >= 0.6 is 0 Å². The van der Waals surface area contributed by atoms with E-state index in [2.05, 4.69) is 57.3 Å². The van der Waals surface area contributed by atoms with Crippen LogP contribution in [0.2, 0.25) is 0 Å². The maximum atomic E-state index is 12.0. The minimum absolute atomic E-state index is 0.226. The van der Waals surface area contributed by atoms with Crippen molar-refractivity contribution in [3.8, 4) is 0 Å². The van der Waals surface area contributed by atoms with E-state index < -0.39 is 0 Å². The Morgan fingerprint density at radius 3 is 2.97 bits per heavy atom. The van der Waals surface area contributed by atoms with Crippen LogP contribution in [0.3, 0.4) is 0 Å². The molecule has 0 bridgehead atoms. The number of aryl methyl sites for hydroxylation is 1. The molecule has 6 heteroatoms. The van der Waals surface area contributed by atoms with Crippen molar-refractivity contribution in [2.75, 3.05) is 20.1 Å². The lowest BCUT2D eigenvalue weighted by Crippen LogP contribution is -2.35. The summed E-state index contributed by atoms with van der Waals surface area (Å²) in [4.78, 5) is 23.8. The summed E-state index contributed by atoms with van der Waals surface area (Å²) >= 11 is 0. The van der Waals surface area contributed by atoms with E-state index in [9.17, 15) is 4.79 Å². The summed E-state index contributed by atoms with van der Waals surface area (Å²) in [6.07, 6.45) is 10.1. The lowest BCUT2D eigenvalue weighted by molar-refractivity contribution is -0.127. The van der Waals surface area contributed by atoms with Gasteiger partial charge in [0.25, 0.3) is 0 Å². The van der Waals surface area contributed by atoms with Crippen LogP contribution in [-0.2, 0) is 30.7 Å². The average molecular weight is 418 g/mol. The summed E-state index contributed by atoms with van der Waals surface area (Å²) in [6, 6.07) is 8.89. The standard InChI is InChI=1S/C25H31N5O/c1-29-12-8-19-7-6-18(14-22(19)17-29)15-23-27-16-21-9-13-30(24(21)28-23)11-3-10-26-25(31)20-4-2-5-20/h6-7,9,13-14,16,20H,2-5,8,10-12,15,17H2,1H3,(H,26,31). The van der Waals surface area contributed by atoms with Gasteiger partial charge in [-0.1, -0.05) is 24.6 Å². The van der Waals surface area contributed by atoms with Crippen molar-refractivity contribution in [3.05, 3.63) is 59.2 Å². The molecule has 2 aromatic heterocycles. The van der Waals surface area contributed by atoms with Crippen LogP contribution in [0.15, 0.2) is 36.7 Å². The summed E-state index contributed by atoms with van der Waals surface area (Å²) in [5.41, 5.74) is 5.15. The predicted molar refractivity (Wildman–Crippen MR) is 122 cm³/mol. The van der Waals surface area contributed by atoms with Gasteiger partial charge in [-0.3, -0.25) is 4.79 Å². The Morgan fingerprint density at radius 2 is 2.13 bits per heavy atom. The van der Waals surface area contributed by atoms with Crippen molar-refractivity contribution < 1.29 is 4.79 Å². The zero-order valence-electron chi connectivity index (χ0n) is 18.3. The number of fused-ring (bicyclic) bond motifs is 2. The summed E-state index contributed by atoms with van der Waals surface area (Å²) in [5.74, 6) is 1.34. The van der Waals surface area contributed by atoms with Crippen molar-refractivity contribution in [2.45, 2.75) is 51.6 Å². The fourth-order valence-corrected chi connectivity index (χ4v) is 4.59. The van der Waals surface area contributed by atoms with Crippen LogP contribution < -0.4 is 5.32 Å². The van der Waals surface area contributed by atoms with Gasteiger partial charge >= 0.3 is 0 Å². The lowest BCUT2D eigenvalue weighted by Gasteiger charge is -2.25. The molecule has 1 aliphatic heterocycles. The van der Waals surface area contributed by atoms with Crippen LogP contribution in [0.4, 0.5) is 0 Å². The van der Waals surface area contributed by atoms with Crippen molar-refractivity contribution >= 4 is 16.9 Å². The minimum Gasteiger partial charge on any atom is -0.356 e. The molecule has 3 aromatic rings. The van der Waals surface area contributed by atoms with E-state index in [0.717, 1.165) is 75.1 Å². The van der Waals surface area contributed by atoms with E-state index in [4.69, 9.17) is 4.98 Å². The second kappa shape index (κ2) is 8.79. The second-order valence-electron chi connectivity index (χ2n) is 9.11. The van der Waals surface area contributed by atoms with E-state index in [1.165, 1.54) is 23.1 Å². The first-order valence-electron chi connectivity index (χ1n) is 11.5. The highest BCUT2D eigenvalue weighted by Crippen LogP contribution is 2.26. The number of rotatable bonds is 7. The number of nitrogens with zero attached hydrogens (tertiary/aromatic N) is 4. The SMILES string of the molecule is CN1CCc2ccc(Cc3ncc4ccn(CCCNC(=O)C5CCC5)c4n3)cc2C1. The molecular formula is C25H31N5O. The first-order valence-corrected chi connectivity index (χ1v) is 11.5. The van der Waals surface area contributed by atoms with Crippen molar-refractivity contribution in [1.82, 2.24) is 24.8 Å². The minimum atomic E-state index is 0.226. The summed E-state index contributed by atoms with van der Waals surface area (Å²) in [7, 11) is 2.18. The molecule has 0 spiro atoms. The number of carbonyl (C=O) groups excluding carboxylic acids is 1. The van der Waals surface area contributed by atoms with Gasteiger partial charge in [-0.2, -0.15) is 0 Å². The van der Waals surface area contributed by atoms with Gasteiger partial charge in [-0.05, 0) is 55.5 Å². The zero-order valence-corrected chi connectivity index (χ0v) is 18.3. The van der Waals surface area contributed by atoms with Crippen molar-refractivity contribution in [2.24, 2.45) is 5.92 Å². The summed E-state index contributed by atoms with van der Waals surface area (Å²) < 4.78 is 2.18. The third-order valence-electron chi connectivity index (χ3n) is 6.74. The normalized spacial score (nSPS) is 16.8. The molecule has 1 saturated carbocycles. The van der Waals surface area contributed by atoms with Gasteiger partial charge in [-0.15, -0.1) is 0 Å². The molecule has 6 nitrogen and oxygen atoms in total. The van der Waals surface area contributed by atoms with Gasteiger partial charge in [0.1, 0.15) is 11.5 Å². The molecular weight excluding hydrogens is 386 g/mol. The maximum absolute atomic E-state index is 12.0. The highest BCUT2D eigenvalue weighted by Gasteiger charge is 2.24. The Hall–Kier alpha value is -2.73. The molecule has 0 unspecified atom stereocenters. The number of benzene rings is 1. The van der Waals surface area contributed by atoms with Gasteiger partial charge in [0, 0.05) is 56.3 Å². The topological polar surface area (TPSA) is 63.1 Å². The Labute approximate surface area is 183 Å². The molecule has 0 atom stereocenters. The Morgan fingerprint density at radius 1 is 1.23 bits per heavy atom. The quantitative estimate of drug-likeness (QED) is 0.599. The first kappa shape index (κ1) is 20.2. The maximum Gasteiger partial charge on any atom is 0.223 e. The van der Waals surface area contributed by atoms with Crippen LogP contribution in [0, 0.1) is 5.92 Å². The monoisotopic (exact) mass is 417 g/mol. The Balaban J connectivity index is 1.23. The fourth-order valence-electron chi connectivity index (χ4n) is 4.59. The van der Waals surface area contributed by atoms with Crippen LogP contribution in [0.25, 0.3) is 11.0 Å². The van der Waals surface area contributed by atoms with Crippen molar-refractivity contribution in [1.29, 1.82) is 0 Å². The molecule has 1 aromatic carbocycles. The lowest BCUT2D eigenvalue weighted by atomic mass is 9.85. The number of amides is 1. The van der Waals surface area contributed by atoms with Gasteiger partial charge in [0.05, 0.1) is 0 Å². The van der Waals surface area contributed by atoms with E-state index in [1.54, 1.807) is 0 Å². The van der Waals surface area contributed by atoms with Gasteiger partial charge in [0.15, 0.2) is 0 Å². The fraction of sp³-hybridized carbons (Fsp3) is 0.480. The molecule has 3 heterocycles. The van der Waals surface area contributed by atoms with Crippen LogP contribution in [-0.4, -0.2) is 45.5 Å². The van der Waals surface area contributed by atoms with Crippen LogP contribution in [0.5, 0.6) is 0 Å². The number of carbonyl (C=O) groups is 1. The molecule has 2 aliphatic rings. The summed E-state index contributed by atoms with van der Waals surface area (Å²) in [5, 5.41) is 4.14. The number of aromatic nitrogens is 3. The smallest absolute Gasteiger partial charge is 0.223 e. The van der Waals surface area contributed by atoms with Gasteiger partial charge < -0.3 is 14.8 Å². The molecule has 31 heavy (non-hydrogen) atoms. The first-order chi connectivity index (χ1) is 15.2. The second-order valence-corrected chi connectivity index (χ2v) is 9.11. The van der Waals surface area contributed by atoms with E-state index in [1.807, 2.05) is 6.20 Å². The van der Waals surface area contributed by atoms with E-state index in [0.29, 0.717) is 0 Å². The molecule has 5 rings (SSSR count). The molecule has 162 valence electrons. The van der Waals surface area contributed by atoms with Gasteiger partial charge in [-0.25, -0.2) is 9.97 Å². The van der Waals surface area contributed by atoms with Gasteiger partial charge in [0.2, 0.25) is 5.91 Å². The highest BCUT2D eigenvalue weighted by molar-refractivity contribution is 5.79. The number of hydrogen-bond acceptors (Lipinski definition) is 4. The molecule has 1 amide bonds. The third-order valence-corrected chi connectivity index (χ3v) is 6.74. The zero-order chi connectivity index (χ0) is 21.2. The molecule has 0 saturated heterocycles. The molecule has 1 fully saturated rings. The molecule has 1 aliphatic carbocycles.